The third kappa shape index (κ3) is 4.89. The zero-order valence-corrected chi connectivity index (χ0v) is 19.4. The Morgan fingerprint density at radius 1 is 1.15 bits per heavy atom. The van der Waals surface area contributed by atoms with Crippen LogP contribution in [0, 0.1) is 12.7 Å². The lowest BCUT2D eigenvalue weighted by Crippen LogP contribution is -2.39. The predicted molar refractivity (Wildman–Crippen MR) is 125 cm³/mol. The van der Waals surface area contributed by atoms with E-state index in [0.29, 0.717) is 41.7 Å². The van der Waals surface area contributed by atoms with Crippen molar-refractivity contribution in [2.75, 3.05) is 13.1 Å². The van der Waals surface area contributed by atoms with E-state index in [0.717, 1.165) is 29.2 Å². The number of aryl methyl sites for hydroxylation is 1. The van der Waals surface area contributed by atoms with Crippen molar-refractivity contribution >= 4 is 17.7 Å². The molecule has 0 spiro atoms. The summed E-state index contributed by atoms with van der Waals surface area (Å²) >= 11 is 1.55. The summed E-state index contributed by atoms with van der Waals surface area (Å²) in [5.74, 6) is 1.75. The summed E-state index contributed by atoms with van der Waals surface area (Å²) in [5, 5.41) is 7.95. The van der Waals surface area contributed by atoms with E-state index < -0.39 is 0 Å². The number of aromatic nitrogens is 3. The number of benzene rings is 2. The predicted octanol–water partition coefficient (Wildman–Crippen LogP) is 5.48. The molecule has 1 atom stereocenters. The Hall–Kier alpha value is -3.46. The molecule has 0 N–H and O–H groups in total. The molecule has 0 saturated carbocycles. The zero-order chi connectivity index (χ0) is 23.5. The average molecular weight is 479 g/mol. The molecule has 2 aromatic carbocycles. The molecule has 3 heterocycles. The molecule has 0 bridgehead atoms. The average Bonchev–Trinajstić information content (AvgIpc) is 3.52. The van der Waals surface area contributed by atoms with Crippen LogP contribution in [0.3, 0.4) is 0 Å². The monoisotopic (exact) mass is 478 g/mol. The van der Waals surface area contributed by atoms with E-state index in [1.807, 2.05) is 42.2 Å². The third-order valence-electron chi connectivity index (χ3n) is 5.75. The number of carbonyl (C=O) groups excluding carboxylic acids is 1. The van der Waals surface area contributed by atoms with E-state index in [2.05, 4.69) is 15.3 Å². The number of likely N-dealkylation sites (tertiary alicyclic amines) is 1. The van der Waals surface area contributed by atoms with E-state index in [1.54, 1.807) is 23.9 Å². The molecule has 1 unspecified atom stereocenters. The van der Waals surface area contributed by atoms with Crippen LogP contribution < -0.4 is 0 Å². The van der Waals surface area contributed by atoms with Crippen LogP contribution in [0.4, 0.5) is 4.39 Å². The Labute approximate surface area is 200 Å². The van der Waals surface area contributed by atoms with Gasteiger partial charge < -0.3 is 13.9 Å². The lowest BCUT2D eigenvalue weighted by molar-refractivity contribution is 0.0692. The van der Waals surface area contributed by atoms with E-state index in [-0.39, 0.29) is 17.6 Å². The SMILES string of the molecule is Cc1cc(CSc2ccccc2C(=O)N2CCCC(c3nc(-c4cccc(F)c4)no3)C2)on1. The molecule has 34 heavy (non-hydrogen) atoms. The first kappa shape index (κ1) is 22.3. The lowest BCUT2D eigenvalue weighted by atomic mass is 9.97. The Morgan fingerprint density at radius 3 is 2.85 bits per heavy atom. The lowest BCUT2D eigenvalue weighted by Gasteiger charge is -2.31. The molecule has 0 radical (unpaired) electrons. The van der Waals surface area contributed by atoms with Gasteiger partial charge in [-0.1, -0.05) is 34.6 Å². The number of halogens is 1. The number of amides is 1. The number of piperidine rings is 1. The summed E-state index contributed by atoms with van der Waals surface area (Å²) in [4.78, 5) is 20.7. The Kier molecular flexibility index (Phi) is 6.44. The van der Waals surface area contributed by atoms with Gasteiger partial charge in [-0.05, 0) is 44.0 Å². The number of thioether (sulfide) groups is 1. The maximum absolute atomic E-state index is 13.6. The molecule has 1 amide bonds. The van der Waals surface area contributed by atoms with Crippen LogP contribution in [0.15, 0.2) is 68.5 Å². The highest BCUT2D eigenvalue weighted by atomic mass is 32.2. The quantitative estimate of drug-likeness (QED) is 0.339. The summed E-state index contributed by atoms with van der Waals surface area (Å²) in [6, 6.07) is 15.6. The van der Waals surface area contributed by atoms with Crippen LogP contribution >= 0.6 is 11.8 Å². The van der Waals surface area contributed by atoms with E-state index in [1.165, 1.54) is 12.1 Å². The summed E-state index contributed by atoms with van der Waals surface area (Å²) in [6.07, 6.45) is 1.68. The maximum Gasteiger partial charge on any atom is 0.255 e. The van der Waals surface area contributed by atoms with Gasteiger partial charge >= 0.3 is 0 Å². The topological polar surface area (TPSA) is 85.3 Å². The normalized spacial score (nSPS) is 16.1. The second kappa shape index (κ2) is 9.80. The molecular weight excluding hydrogens is 455 g/mol. The van der Waals surface area contributed by atoms with Crippen LogP contribution in [0.5, 0.6) is 0 Å². The Bertz CT molecular complexity index is 1300. The van der Waals surface area contributed by atoms with Crippen LogP contribution in [0.1, 0.15) is 46.5 Å². The van der Waals surface area contributed by atoms with Crippen molar-refractivity contribution < 1.29 is 18.2 Å². The maximum atomic E-state index is 13.6. The van der Waals surface area contributed by atoms with Crippen LogP contribution in [0.2, 0.25) is 0 Å². The summed E-state index contributed by atoms with van der Waals surface area (Å²) in [7, 11) is 0. The first-order valence-electron chi connectivity index (χ1n) is 11.1. The van der Waals surface area contributed by atoms with Gasteiger partial charge in [-0.25, -0.2) is 4.39 Å². The zero-order valence-electron chi connectivity index (χ0n) is 18.6. The largest absolute Gasteiger partial charge is 0.360 e. The number of hydrogen-bond donors (Lipinski definition) is 0. The van der Waals surface area contributed by atoms with Gasteiger partial charge in [-0.2, -0.15) is 4.98 Å². The van der Waals surface area contributed by atoms with E-state index >= 15 is 0 Å². The summed E-state index contributed by atoms with van der Waals surface area (Å²) < 4.78 is 24.4. The van der Waals surface area contributed by atoms with Crippen LogP contribution in [-0.2, 0) is 5.75 Å². The van der Waals surface area contributed by atoms with Gasteiger partial charge in [-0.15, -0.1) is 11.8 Å². The van der Waals surface area contributed by atoms with Gasteiger partial charge in [0.1, 0.15) is 11.6 Å². The molecule has 0 aliphatic carbocycles. The van der Waals surface area contributed by atoms with Gasteiger partial charge in [-0.3, -0.25) is 4.79 Å². The molecule has 5 rings (SSSR count). The van der Waals surface area contributed by atoms with Crippen LogP contribution in [0.25, 0.3) is 11.4 Å². The molecule has 1 saturated heterocycles. The minimum absolute atomic E-state index is 0.0218. The van der Waals surface area contributed by atoms with Crippen molar-refractivity contribution in [3.63, 3.8) is 0 Å². The van der Waals surface area contributed by atoms with Crippen molar-refractivity contribution in [1.82, 2.24) is 20.2 Å². The van der Waals surface area contributed by atoms with Crippen LogP contribution in [-0.4, -0.2) is 39.2 Å². The van der Waals surface area contributed by atoms with Gasteiger partial charge in [0.15, 0.2) is 0 Å². The minimum atomic E-state index is -0.353. The fourth-order valence-electron chi connectivity index (χ4n) is 4.08. The fourth-order valence-corrected chi connectivity index (χ4v) is 5.00. The number of carbonyl (C=O) groups is 1. The van der Waals surface area contributed by atoms with Crippen molar-refractivity contribution in [3.8, 4) is 11.4 Å². The van der Waals surface area contributed by atoms with Crippen molar-refractivity contribution in [1.29, 1.82) is 0 Å². The summed E-state index contributed by atoms with van der Waals surface area (Å²) in [5.41, 5.74) is 2.06. The first-order valence-corrected chi connectivity index (χ1v) is 12.1. The van der Waals surface area contributed by atoms with E-state index in [9.17, 15) is 9.18 Å². The fraction of sp³-hybridized carbons (Fsp3) is 0.280. The van der Waals surface area contributed by atoms with E-state index in [4.69, 9.17) is 9.05 Å². The second-order valence-corrected chi connectivity index (χ2v) is 9.29. The van der Waals surface area contributed by atoms with Crippen molar-refractivity contribution in [2.45, 2.75) is 36.3 Å². The van der Waals surface area contributed by atoms with Gasteiger partial charge in [0.05, 0.1) is 22.9 Å². The minimum Gasteiger partial charge on any atom is -0.360 e. The number of nitrogens with zero attached hydrogens (tertiary/aromatic N) is 4. The summed E-state index contributed by atoms with van der Waals surface area (Å²) in [6.45, 7) is 3.04. The standard InChI is InChI=1S/C25H23FN4O3S/c1-16-12-20(32-28-16)15-34-22-10-3-2-9-21(22)25(31)30-11-5-7-18(14-30)24-27-23(29-33-24)17-6-4-8-19(26)13-17/h2-4,6,8-10,12-13,18H,5,7,11,14-15H2,1H3. The smallest absolute Gasteiger partial charge is 0.255 e. The molecule has 1 fully saturated rings. The number of rotatable bonds is 6. The second-order valence-electron chi connectivity index (χ2n) is 8.28. The molecule has 2 aromatic heterocycles. The molecule has 7 nitrogen and oxygen atoms in total. The molecular formula is C25H23FN4O3S. The molecule has 174 valence electrons. The highest BCUT2D eigenvalue weighted by molar-refractivity contribution is 7.98. The molecule has 1 aliphatic rings. The Balaban J connectivity index is 1.29. The molecule has 9 heteroatoms. The van der Waals surface area contributed by atoms with Gasteiger partial charge in [0, 0.05) is 29.6 Å². The van der Waals surface area contributed by atoms with Gasteiger partial charge in [0.25, 0.3) is 5.91 Å². The third-order valence-corrected chi connectivity index (χ3v) is 6.84. The highest BCUT2D eigenvalue weighted by Crippen LogP contribution is 2.31. The molecule has 1 aliphatic heterocycles. The van der Waals surface area contributed by atoms with Crippen molar-refractivity contribution in [2.24, 2.45) is 0 Å². The van der Waals surface area contributed by atoms with Crippen molar-refractivity contribution in [3.05, 3.63) is 83.3 Å². The number of hydrogen-bond acceptors (Lipinski definition) is 7. The first-order chi connectivity index (χ1) is 16.6. The van der Waals surface area contributed by atoms with Gasteiger partial charge in [0.2, 0.25) is 11.7 Å². The Morgan fingerprint density at radius 2 is 2.03 bits per heavy atom. The molecule has 4 aromatic rings. The highest BCUT2D eigenvalue weighted by Gasteiger charge is 2.30.